The van der Waals surface area contributed by atoms with Crippen LogP contribution in [0.15, 0.2) is 60.7 Å². The summed E-state index contributed by atoms with van der Waals surface area (Å²) >= 11 is 1.83. The lowest BCUT2D eigenvalue weighted by atomic mass is 10.0. The molecule has 2 nitrogen and oxygen atoms in total. The van der Waals surface area contributed by atoms with Crippen molar-refractivity contribution < 1.29 is 0 Å². The third-order valence-corrected chi connectivity index (χ3v) is 4.60. The minimum atomic E-state index is 0.715. The molecular formula is C17H20N2S. The van der Waals surface area contributed by atoms with E-state index >= 15 is 0 Å². The van der Waals surface area contributed by atoms with Gasteiger partial charge in [0.2, 0.25) is 0 Å². The Hall–Kier alpha value is -1.29. The van der Waals surface area contributed by atoms with E-state index in [1.807, 2.05) is 11.9 Å². The monoisotopic (exact) mass is 284 g/mol. The van der Waals surface area contributed by atoms with E-state index < -0.39 is 0 Å². The first kappa shape index (κ1) is 13.7. The minimum absolute atomic E-state index is 0.715. The number of nitrogens with zero attached hydrogens (tertiary/aromatic N) is 1. The maximum atomic E-state index is 3.43. The fraction of sp³-hybridized carbons (Fsp3) is 0.294. The summed E-state index contributed by atoms with van der Waals surface area (Å²) in [4.78, 5) is 3.43. The van der Waals surface area contributed by atoms with Gasteiger partial charge < -0.3 is 0 Å². The zero-order chi connectivity index (χ0) is 13.6. The van der Waals surface area contributed by atoms with Crippen LogP contribution in [0.25, 0.3) is 0 Å². The van der Waals surface area contributed by atoms with Gasteiger partial charge in [0.1, 0.15) is 0 Å². The van der Waals surface area contributed by atoms with Gasteiger partial charge in [-0.3, -0.25) is 0 Å². The van der Waals surface area contributed by atoms with E-state index in [1.165, 1.54) is 23.3 Å². The summed E-state index contributed by atoms with van der Waals surface area (Å²) < 4.78 is 0. The van der Waals surface area contributed by atoms with Crippen LogP contribution in [0.4, 0.5) is 0 Å². The molecule has 2 aromatic rings. The normalized spacial score (nSPS) is 19.9. The zero-order valence-electron chi connectivity index (χ0n) is 11.5. The molecule has 1 fully saturated rings. The van der Waals surface area contributed by atoms with Crippen molar-refractivity contribution in [3.8, 4) is 0 Å². The van der Waals surface area contributed by atoms with Gasteiger partial charge in [0.25, 0.3) is 0 Å². The lowest BCUT2D eigenvalue weighted by Gasteiger charge is -2.32. The Kier molecular flexibility index (Phi) is 4.74. The van der Waals surface area contributed by atoms with Crippen molar-refractivity contribution in [2.24, 2.45) is 5.92 Å². The molecule has 1 saturated heterocycles. The predicted molar refractivity (Wildman–Crippen MR) is 86.1 cm³/mol. The summed E-state index contributed by atoms with van der Waals surface area (Å²) in [6, 6.07) is 21.5. The summed E-state index contributed by atoms with van der Waals surface area (Å²) in [6.07, 6.45) is 1.17. The third-order valence-electron chi connectivity index (χ3n) is 3.57. The molecule has 20 heavy (non-hydrogen) atoms. The molecule has 1 aliphatic rings. The van der Waals surface area contributed by atoms with Crippen molar-refractivity contribution in [2.75, 3.05) is 12.3 Å². The molecule has 104 valence electrons. The van der Waals surface area contributed by atoms with Crippen molar-refractivity contribution in [3.05, 3.63) is 71.8 Å². The molecule has 1 unspecified atom stereocenters. The van der Waals surface area contributed by atoms with Crippen LogP contribution in [0.2, 0.25) is 0 Å². The average molecular weight is 284 g/mol. The van der Waals surface area contributed by atoms with E-state index in [0.29, 0.717) is 5.92 Å². The molecule has 0 spiro atoms. The van der Waals surface area contributed by atoms with Gasteiger partial charge in [-0.25, -0.2) is 5.01 Å². The topological polar surface area (TPSA) is 15.3 Å². The fourth-order valence-electron chi connectivity index (χ4n) is 2.62. The van der Waals surface area contributed by atoms with E-state index in [9.17, 15) is 0 Å². The fourth-order valence-corrected chi connectivity index (χ4v) is 3.47. The van der Waals surface area contributed by atoms with Gasteiger partial charge in [-0.1, -0.05) is 72.6 Å². The summed E-state index contributed by atoms with van der Waals surface area (Å²) in [5.74, 6) is 1.90. The van der Waals surface area contributed by atoms with Crippen molar-refractivity contribution in [3.63, 3.8) is 0 Å². The molecule has 1 N–H and O–H groups in total. The van der Waals surface area contributed by atoms with Crippen LogP contribution < -0.4 is 4.83 Å². The smallest absolute Gasteiger partial charge is 0.0390 e. The summed E-state index contributed by atoms with van der Waals surface area (Å²) in [5.41, 5.74) is 2.81. The molecular weight excluding hydrogens is 264 g/mol. The van der Waals surface area contributed by atoms with Crippen LogP contribution in [-0.4, -0.2) is 17.3 Å². The number of benzene rings is 2. The first-order chi connectivity index (χ1) is 9.90. The van der Waals surface area contributed by atoms with E-state index in [1.54, 1.807) is 0 Å². The first-order valence-corrected chi connectivity index (χ1v) is 8.09. The Morgan fingerprint density at radius 2 is 1.60 bits per heavy atom. The zero-order valence-corrected chi connectivity index (χ0v) is 12.4. The van der Waals surface area contributed by atoms with Crippen LogP contribution in [0.3, 0.4) is 0 Å². The molecule has 0 saturated carbocycles. The predicted octanol–water partition coefficient (Wildman–Crippen LogP) is 3.51. The maximum absolute atomic E-state index is 3.43. The van der Waals surface area contributed by atoms with Crippen LogP contribution >= 0.6 is 11.9 Å². The minimum Gasteiger partial charge on any atom is -0.230 e. The van der Waals surface area contributed by atoms with Gasteiger partial charge in [-0.2, -0.15) is 4.83 Å². The Morgan fingerprint density at radius 3 is 2.30 bits per heavy atom. The molecule has 1 atom stereocenters. The summed E-state index contributed by atoms with van der Waals surface area (Å²) in [7, 11) is 0. The van der Waals surface area contributed by atoms with E-state index in [0.717, 1.165) is 13.1 Å². The molecule has 0 aliphatic carbocycles. The second-order valence-corrected chi connectivity index (χ2v) is 6.13. The van der Waals surface area contributed by atoms with Crippen LogP contribution in [0.1, 0.15) is 11.1 Å². The molecule has 1 heterocycles. The number of hydrogen-bond donors (Lipinski definition) is 1. The molecule has 3 heteroatoms. The average Bonchev–Trinajstić information content (AvgIpc) is 2.50. The van der Waals surface area contributed by atoms with Crippen molar-refractivity contribution in [1.29, 1.82) is 0 Å². The number of rotatable bonds is 4. The van der Waals surface area contributed by atoms with Gasteiger partial charge >= 0.3 is 0 Å². The Labute approximate surface area is 125 Å². The van der Waals surface area contributed by atoms with E-state index in [4.69, 9.17) is 0 Å². The highest BCUT2D eigenvalue weighted by Gasteiger charge is 2.20. The highest BCUT2D eigenvalue weighted by Crippen LogP contribution is 2.20. The highest BCUT2D eigenvalue weighted by atomic mass is 32.2. The Balaban J connectivity index is 1.57. The van der Waals surface area contributed by atoms with Crippen LogP contribution in [0, 0.1) is 5.92 Å². The third kappa shape index (κ3) is 3.85. The van der Waals surface area contributed by atoms with Gasteiger partial charge in [-0.05, 0) is 23.5 Å². The van der Waals surface area contributed by atoms with Crippen molar-refractivity contribution >= 4 is 11.9 Å². The standard InChI is InChI=1S/C17H20N2S/c1-3-7-15(8-4-1)11-17-13-19(18-20-14-17)12-16-9-5-2-6-10-16/h1-10,17-18H,11-14H2. The first-order valence-electron chi connectivity index (χ1n) is 7.10. The molecule has 0 amide bonds. The largest absolute Gasteiger partial charge is 0.230 e. The Morgan fingerprint density at radius 1 is 0.950 bits per heavy atom. The second kappa shape index (κ2) is 6.93. The van der Waals surface area contributed by atoms with Crippen LogP contribution in [-0.2, 0) is 13.0 Å². The Bertz CT molecular complexity index is 468. The number of nitrogens with one attached hydrogen (secondary N) is 1. The number of hydrazine groups is 1. The van der Waals surface area contributed by atoms with Crippen LogP contribution in [0.5, 0.6) is 0 Å². The molecule has 0 radical (unpaired) electrons. The number of hydrogen-bond acceptors (Lipinski definition) is 3. The summed E-state index contributed by atoms with van der Waals surface area (Å²) in [5, 5.41) is 2.33. The maximum Gasteiger partial charge on any atom is 0.0390 e. The second-order valence-electron chi connectivity index (χ2n) is 5.32. The highest BCUT2D eigenvalue weighted by molar-refractivity contribution is 7.97. The molecule has 3 rings (SSSR count). The van der Waals surface area contributed by atoms with E-state index in [-0.39, 0.29) is 0 Å². The molecule has 1 aliphatic heterocycles. The lowest BCUT2D eigenvalue weighted by Crippen LogP contribution is -2.43. The molecule has 0 aromatic heterocycles. The van der Waals surface area contributed by atoms with E-state index in [2.05, 4.69) is 70.5 Å². The van der Waals surface area contributed by atoms with Gasteiger partial charge in [-0.15, -0.1) is 0 Å². The van der Waals surface area contributed by atoms with Crippen molar-refractivity contribution in [2.45, 2.75) is 13.0 Å². The lowest BCUT2D eigenvalue weighted by molar-refractivity contribution is 0.196. The van der Waals surface area contributed by atoms with Gasteiger partial charge in [0.05, 0.1) is 0 Å². The summed E-state index contributed by atoms with van der Waals surface area (Å²) in [6.45, 7) is 2.08. The quantitative estimate of drug-likeness (QED) is 0.865. The molecule has 0 bridgehead atoms. The molecule has 2 aromatic carbocycles. The van der Waals surface area contributed by atoms with Gasteiger partial charge in [0.15, 0.2) is 0 Å². The van der Waals surface area contributed by atoms with Crippen molar-refractivity contribution in [1.82, 2.24) is 9.84 Å². The SMILES string of the molecule is c1ccc(CC2CSNN(Cc3ccccc3)C2)cc1. The van der Waals surface area contributed by atoms with Gasteiger partial charge in [0, 0.05) is 18.8 Å².